The predicted molar refractivity (Wildman–Crippen MR) is 58.3 cm³/mol. The highest BCUT2D eigenvalue weighted by atomic mass is 16.1. The van der Waals surface area contributed by atoms with E-state index in [4.69, 9.17) is 0 Å². The summed E-state index contributed by atoms with van der Waals surface area (Å²) < 4.78 is 0. The number of carbonyl (C=O) groups excluding carboxylic acids is 1. The van der Waals surface area contributed by atoms with Crippen molar-refractivity contribution < 1.29 is 4.79 Å². The van der Waals surface area contributed by atoms with E-state index in [1.54, 1.807) is 18.3 Å². The van der Waals surface area contributed by atoms with Crippen LogP contribution in [0.5, 0.6) is 0 Å². The number of aromatic amines is 1. The first kappa shape index (κ1) is 9.85. The van der Waals surface area contributed by atoms with Gasteiger partial charge in [-0.3, -0.25) is 4.79 Å². The SMILES string of the molecule is O=C(C#CN1CCCCC1)c1ccc[nH]1. The lowest BCUT2D eigenvalue weighted by Crippen LogP contribution is -2.25. The number of hydrogen-bond donors (Lipinski definition) is 1. The summed E-state index contributed by atoms with van der Waals surface area (Å²) in [5.41, 5.74) is 0.569. The molecular formula is C12H14N2O. The fraction of sp³-hybridized carbons (Fsp3) is 0.417. The van der Waals surface area contributed by atoms with Gasteiger partial charge in [-0.2, -0.15) is 0 Å². The highest BCUT2D eigenvalue weighted by molar-refractivity contribution is 6.07. The van der Waals surface area contributed by atoms with Gasteiger partial charge in [-0.15, -0.1) is 0 Å². The van der Waals surface area contributed by atoms with Crippen LogP contribution in [0.4, 0.5) is 0 Å². The van der Waals surface area contributed by atoms with Gasteiger partial charge in [0.2, 0.25) is 0 Å². The third kappa shape index (κ3) is 2.63. The van der Waals surface area contributed by atoms with Crippen molar-refractivity contribution in [3.8, 4) is 12.0 Å². The molecule has 15 heavy (non-hydrogen) atoms. The predicted octanol–water partition coefficient (Wildman–Crippen LogP) is 1.64. The molecule has 1 saturated heterocycles. The van der Waals surface area contributed by atoms with Gasteiger partial charge in [0.05, 0.1) is 5.69 Å². The van der Waals surface area contributed by atoms with Gasteiger partial charge in [-0.05, 0) is 31.4 Å². The summed E-state index contributed by atoms with van der Waals surface area (Å²) in [6.07, 6.45) is 5.38. The Morgan fingerprint density at radius 1 is 1.33 bits per heavy atom. The number of rotatable bonds is 1. The molecule has 1 aromatic heterocycles. The highest BCUT2D eigenvalue weighted by Crippen LogP contribution is 2.06. The lowest BCUT2D eigenvalue weighted by atomic mass is 10.1. The molecule has 0 aromatic carbocycles. The van der Waals surface area contributed by atoms with Crippen molar-refractivity contribution >= 4 is 5.78 Å². The van der Waals surface area contributed by atoms with Gasteiger partial charge in [-0.1, -0.05) is 0 Å². The maximum absolute atomic E-state index is 11.5. The zero-order valence-electron chi connectivity index (χ0n) is 8.62. The molecule has 0 amide bonds. The molecule has 3 nitrogen and oxygen atoms in total. The number of aromatic nitrogens is 1. The number of ketones is 1. The van der Waals surface area contributed by atoms with Gasteiger partial charge in [0.15, 0.2) is 0 Å². The molecule has 3 heteroatoms. The Bertz CT molecular complexity index is 377. The average molecular weight is 202 g/mol. The van der Waals surface area contributed by atoms with E-state index in [2.05, 4.69) is 16.9 Å². The zero-order chi connectivity index (χ0) is 10.5. The van der Waals surface area contributed by atoms with Crippen molar-refractivity contribution in [3.63, 3.8) is 0 Å². The molecule has 1 N–H and O–H groups in total. The molecular weight excluding hydrogens is 188 g/mol. The molecule has 0 aliphatic carbocycles. The standard InChI is InChI=1S/C12H14N2O/c15-12(11-5-4-7-13-11)6-10-14-8-2-1-3-9-14/h4-5,7,13H,1-3,8-9H2. The minimum atomic E-state index is -0.134. The normalized spacial score (nSPS) is 15.6. The smallest absolute Gasteiger partial charge is 0.253 e. The summed E-state index contributed by atoms with van der Waals surface area (Å²) in [4.78, 5) is 16.4. The van der Waals surface area contributed by atoms with Crippen LogP contribution in [0.25, 0.3) is 0 Å². The Labute approximate surface area is 89.5 Å². The Morgan fingerprint density at radius 2 is 2.13 bits per heavy atom. The number of nitrogens with zero attached hydrogens (tertiary/aromatic N) is 1. The average Bonchev–Trinajstić information content (AvgIpc) is 2.81. The summed E-state index contributed by atoms with van der Waals surface area (Å²) in [5, 5.41) is 0. The summed E-state index contributed by atoms with van der Waals surface area (Å²) >= 11 is 0. The molecule has 1 aromatic rings. The molecule has 1 fully saturated rings. The van der Waals surface area contributed by atoms with Crippen LogP contribution in [0.3, 0.4) is 0 Å². The van der Waals surface area contributed by atoms with Crippen LogP contribution in [-0.2, 0) is 0 Å². The summed E-state index contributed by atoms with van der Waals surface area (Å²) in [7, 11) is 0. The first-order valence-electron chi connectivity index (χ1n) is 5.30. The quantitative estimate of drug-likeness (QED) is 0.555. The van der Waals surface area contributed by atoms with Crippen LogP contribution in [0, 0.1) is 12.0 Å². The zero-order valence-corrected chi connectivity index (χ0v) is 8.62. The summed E-state index contributed by atoms with van der Waals surface area (Å²) in [5.74, 6) is 2.53. The molecule has 1 aliphatic heterocycles. The van der Waals surface area contributed by atoms with E-state index in [0.717, 1.165) is 13.1 Å². The number of piperidine rings is 1. The van der Waals surface area contributed by atoms with E-state index in [1.807, 2.05) is 4.90 Å². The van der Waals surface area contributed by atoms with Gasteiger partial charge in [0.25, 0.3) is 5.78 Å². The minimum Gasteiger partial charge on any atom is -0.358 e. The Morgan fingerprint density at radius 3 is 2.80 bits per heavy atom. The monoisotopic (exact) mass is 202 g/mol. The maximum Gasteiger partial charge on any atom is 0.253 e. The van der Waals surface area contributed by atoms with E-state index in [9.17, 15) is 4.79 Å². The van der Waals surface area contributed by atoms with E-state index in [1.165, 1.54) is 19.3 Å². The second-order valence-electron chi connectivity index (χ2n) is 3.70. The maximum atomic E-state index is 11.5. The topological polar surface area (TPSA) is 36.1 Å². The third-order valence-corrected chi connectivity index (χ3v) is 2.53. The highest BCUT2D eigenvalue weighted by Gasteiger charge is 2.06. The van der Waals surface area contributed by atoms with E-state index < -0.39 is 0 Å². The first-order chi connectivity index (χ1) is 7.36. The number of H-pyrrole nitrogens is 1. The van der Waals surface area contributed by atoms with E-state index >= 15 is 0 Å². The number of hydrogen-bond acceptors (Lipinski definition) is 2. The van der Waals surface area contributed by atoms with E-state index in [-0.39, 0.29) is 5.78 Å². The van der Waals surface area contributed by atoms with Gasteiger partial charge >= 0.3 is 0 Å². The van der Waals surface area contributed by atoms with Crippen molar-refractivity contribution in [2.24, 2.45) is 0 Å². The molecule has 0 saturated carbocycles. The summed E-state index contributed by atoms with van der Waals surface area (Å²) in [6.45, 7) is 1.98. The number of carbonyl (C=O) groups is 1. The molecule has 2 heterocycles. The van der Waals surface area contributed by atoms with Gasteiger partial charge in [0, 0.05) is 31.3 Å². The fourth-order valence-electron chi connectivity index (χ4n) is 1.67. The van der Waals surface area contributed by atoms with Crippen LogP contribution < -0.4 is 0 Å². The largest absolute Gasteiger partial charge is 0.358 e. The molecule has 0 atom stereocenters. The van der Waals surface area contributed by atoms with Crippen molar-refractivity contribution in [2.75, 3.05) is 13.1 Å². The van der Waals surface area contributed by atoms with Crippen molar-refractivity contribution in [3.05, 3.63) is 24.0 Å². The Balaban J connectivity index is 1.96. The molecule has 78 valence electrons. The first-order valence-corrected chi connectivity index (χ1v) is 5.30. The molecule has 0 unspecified atom stereocenters. The lowest BCUT2D eigenvalue weighted by molar-refractivity contribution is 0.105. The van der Waals surface area contributed by atoms with Gasteiger partial charge in [-0.25, -0.2) is 0 Å². The number of likely N-dealkylation sites (tertiary alicyclic amines) is 1. The van der Waals surface area contributed by atoms with Crippen LogP contribution in [0.1, 0.15) is 29.8 Å². The minimum absolute atomic E-state index is 0.134. The van der Waals surface area contributed by atoms with Crippen molar-refractivity contribution in [1.82, 2.24) is 9.88 Å². The molecule has 2 rings (SSSR count). The molecule has 1 aliphatic rings. The van der Waals surface area contributed by atoms with Crippen molar-refractivity contribution in [2.45, 2.75) is 19.3 Å². The van der Waals surface area contributed by atoms with Crippen LogP contribution in [0.15, 0.2) is 18.3 Å². The third-order valence-electron chi connectivity index (χ3n) is 2.53. The van der Waals surface area contributed by atoms with Gasteiger partial charge in [0.1, 0.15) is 0 Å². The molecule has 0 spiro atoms. The second kappa shape index (κ2) is 4.70. The van der Waals surface area contributed by atoms with Crippen LogP contribution in [0.2, 0.25) is 0 Å². The fourth-order valence-corrected chi connectivity index (χ4v) is 1.67. The number of Topliss-reactive ketones (excluding diaryl/α,β-unsaturated/α-hetero) is 1. The second-order valence-corrected chi connectivity index (χ2v) is 3.70. The van der Waals surface area contributed by atoms with Crippen LogP contribution in [-0.4, -0.2) is 28.8 Å². The number of nitrogens with one attached hydrogen (secondary N) is 1. The molecule has 0 bridgehead atoms. The van der Waals surface area contributed by atoms with Gasteiger partial charge < -0.3 is 9.88 Å². The van der Waals surface area contributed by atoms with E-state index in [0.29, 0.717) is 5.69 Å². The van der Waals surface area contributed by atoms with Crippen molar-refractivity contribution in [1.29, 1.82) is 0 Å². The van der Waals surface area contributed by atoms with Crippen LogP contribution >= 0.6 is 0 Å². The Kier molecular flexibility index (Phi) is 3.08. The molecule has 0 radical (unpaired) electrons. The summed E-state index contributed by atoms with van der Waals surface area (Å²) in [6, 6.07) is 6.47. The lowest BCUT2D eigenvalue weighted by Gasteiger charge is -2.21. The Hall–Kier alpha value is -1.69.